The van der Waals surface area contributed by atoms with E-state index in [-0.39, 0.29) is 24.7 Å². The van der Waals surface area contributed by atoms with Crippen LogP contribution in [0.5, 0.6) is 0 Å². The van der Waals surface area contributed by atoms with E-state index < -0.39 is 11.9 Å². The zero-order valence-electron chi connectivity index (χ0n) is 24.0. The van der Waals surface area contributed by atoms with E-state index in [1.807, 2.05) is 62.4 Å². The molecule has 0 saturated heterocycles. The SMILES string of the molecule is CCCCOC(=O)c1c(NC(=O)CCCCC(=O)Nc2sc3ccccc3c2C(=O)OCCCC)sc2ccccc12. The Balaban J connectivity index is 1.32. The Morgan fingerprint density at radius 3 is 1.43 bits per heavy atom. The number of hydrogen-bond acceptors (Lipinski definition) is 8. The van der Waals surface area contributed by atoms with E-state index in [2.05, 4.69) is 10.6 Å². The van der Waals surface area contributed by atoms with E-state index in [1.165, 1.54) is 22.7 Å². The van der Waals surface area contributed by atoms with Crippen LogP contribution in [0.3, 0.4) is 0 Å². The van der Waals surface area contributed by atoms with Crippen LogP contribution in [0.2, 0.25) is 0 Å². The Labute approximate surface area is 253 Å². The van der Waals surface area contributed by atoms with Gasteiger partial charge in [-0.1, -0.05) is 63.1 Å². The van der Waals surface area contributed by atoms with Gasteiger partial charge in [0.15, 0.2) is 0 Å². The predicted molar refractivity (Wildman–Crippen MR) is 170 cm³/mol. The smallest absolute Gasteiger partial charge is 0.341 e. The first-order valence-corrected chi connectivity index (χ1v) is 16.0. The molecule has 0 fully saturated rings. The zero-order valence-corrected chi connectivity index (χ0v) is 25.6. The van der Waals surface area contributed by atoms with E-state index in [4.69, 9.17) is 9.47 Å². The van der Waals surface area contributed by atoms with Gasteiger partial charge in [0.05, 0.1) is 13.2 Å². The fourth-order valence-electron chi connectivity index (χ4n) is 4.38. The lowest BCUT2D eigenvalue weighted by atomic mass is 10.1. The van der Waals surface area contributed by atoms with E-state index in [0.717, 1.165) is 45.9 Å². The highest BCUT2D eigenvalue weighted by Gasteiger charge is 2.23. The molecule has 0 aliphatic rings. The quantitative estimate of drug-likeness (QED) is 0.104. The number of rotatable bonds is 15. The number of carbonyl (C=O) groups is 4. The van der Waals surface area contributed by atoms with E-state index >= 15 is 0 Å². The number of amides is 2. The number of anilines is 2. The molecule has 10 heteroatoms. The number of thiophene rings is 2. The first-order valence-electron chi connectivity index (χ1n) is 14.4. The minimum atomic E-state index is -0.442. The van der Waals surface area contributed by atoms with Crippen LogP contribution in [0.25, 0.3) is 20.2 Å². The van der Waals surface area contributed by atoms with Gasteiger partial charge in [0.25, 0.3) is 0 Å². The van der Waals surface area contributed by atoms with Gasteiger partial charge in [-0.05, 0) is 37.8 Å². The maximum Gasteiger partial charge on any atom is 0.341 e. The zero-order chi connectivity index (χ0) is 29.9. The first kappa shape index (κ1) is 31.2. The predicted octanol–water partition coefficient (Wildman–Crippen LogP) is 8.17. The Morgan fingerprint density at radius 1 is 0.619 bits per heavy atom. The van der Waals surface area contributed by atoms with Gasteiger partial charge in [0.1, 0.15) is 21.1 Å². The van der Waals surface area contributed by atoms with Crippen molar-refractivity contribution >= 4 is 76.6 Å². The maximum atomic E-state index is 12.8. The summed E-state index contributed by atoms with van der Waals surface area (Å²) in [5.74, 6) is -1.34. The Morgan fingerprint density at radius 2 is 1.02 bits per heavy atom. The average Bonchev–Trinajstić information content (AvgIpc) is 3.53. The molecule has 2 heterocycles. The Kier molecular flexibility index (Phi) is 11.5. The molecule has 0 atom stereocenters. The van der Waals surface area contributed by atoms with Crippen LogP contribution in [0.1, 0.15) is 85.9 Å². The molecule has 0 unspecified atom stereocenters. The summed E-state index contributed by atoms with van der Waals surface area (Å²) in [4.78, 5) is 51.2. The number of hydrogen-bond donors (Lipinski definition) is 2. The summed E-state index contributed by atoms with van der Waals surface area (Å²) in [6.07, 6.45) is 4.74. The third-order valence-electron chi connectivity index (χ3n) is 6.62. The van der Waals surface area contributed by atoms with Gasteiger partial charge < -0.3 is 20.1 Å². The van der Waals surface area contributed by atoms with Gasteiger partial charge >= 0.3 is 11.9 Å². The standard InChI is InChI=1S/C32H36N2O6S2/c1-3-5-19-39-31(37)27-21-13-7-9-15-23(21)41-29(27)33-25(35)17-11-12-18-26(36)34-30-28(32(38)40-20-6-4-2)22-14-8-10-16-24(22)42-30/h7-10,13-16H,3-6,11-12,17-20H2,1-2H3,(H,33,35)(H,34,36). The highest BCUT2D eigenvalue weighted by molar-refractivity contribution is 7.24. The molecule has 2 aromatic heterocycles. The van der Waals surface area contributed by atoms with Gasteiger partial charge in [0, 0.05) is 33.0 Å². The second kappa shape index (κ2) is 15.5. The molecule has 2 amide bonds. The summed E-state index contributed by atoms with van der Waals surface area (Å²) < 4.78 is 12.7. The summed E-state index contributed by atoms with van der Waals surface area (Å²) in [6.45, 7) is 4.71. The second-order valence-electron chi connectivity index (χ2n) is 9.89. The lowest BCUT2D eigenvalue weighted by Gasteiger charge is -2.08. The molecule has 0 spiro atoms. The Hall–Kier alpha value is -3.76. The van der Waals surface area contributed by atoms with Crippen molar-refractivity contribution in [2.24, 2.45) is 0 Å². The number of fused-ring (bicyclic) bond motifs is 2. The van der Waals surface area contributed by atoms with Gasteiger partial charge in [-0.15, -0.1) is 22.7 Å². The number of carbonyl (C=O) groups excluding carboxylic acids is 4. The van der Waals surface area contributed by atoms with E-state index in [1.54, 1.807) is 0 Å². The van der Waals surface area contributed by atoms with Crippen LogP contribution in [0.15, 0.2) is 48.5 Å². The molecule has 4 rings (SSSR count). The third kappa shape index (κ3) is 7.95. The molecule has 8 nitrogen and oxygen atoms in total. The van der Waals surface area contributed by atoms with Gasteiger partial charge in [-0.3, -0.25) is 9.59 Å². The van der Waals surface area contributed by atoms with Gasteiger partial charge in [-0.25, -0.2) is 9.59 Å². The van der Waals surface area contributed by atoms with Crippen LogP contribution in [-0.2, 0) is 19.1 Å². The number of ether oxygens (including phenoxy) is 2. The topological polar surface area (TPSA) is 111 Å². The molecule has 0 saturated carbocycles. The van der Waals surface area contributed by atoms with Crippen molar-refractivity contribution < 1.29 is 28.7 Å². The highest BCUT2D eigenvalue weighted by atomic mass is 32.1. The second-order valence-corrected chi connectivity index (χ2v) is 12.0. The molecule has 42 heavy (non-hydrogen) atoms. The Bertz CT molecular complexity index is 1440. The van der Waals surface area contributed by atoms with Crippen molar-refractivity contribution in [3.8, 4) is 0 Å². The van der Waals surface area contributed by atoms with Crippen LogP contribution < -0.4 is 10.6 Å². The molecule has 0 radical (unpaired) electrons. The molecule has 0 aliphatic heterocycles. The lowest BCUT2D eigenvalue weighted by molar-refractivity contribution is -0.118. The minimum absolute atomic E-state index is 0.198. The van der Waals surface area contributed by atoms with Gasteiger partial charge in [0.2, 0.25) is 11.8 Å². The number of esters is 2. The largest absolute Gasteiger partial charge is 0.462 e. The fraction of sp³-hybridized carbons (Fsp3) is 0.375. The van der Waals surface area contributed by atoms with Crippen molar-refractivity contribution in [1.29, 1.82) is 0 Å². The summed E-state index contributed by atoms with van der Waals surface area (Å²) in [7, 11) is 0. The van der Waals surface area contributed by atoms with Crippen LogP contribution >= 0.6 is 22.7 Å². The molecular weight excluding hydrogens is 572 g/mol. The fourth-order valence-corrected chi connectivity index (χ4v) is 6.60. The van der Waals surface area contributed by atoms with Crippen molar-refractivity contribution in [3.05, 3.63) is 59.7 Å². The number of unbranched alkanes of at least 4 members (excludes halogenated alkanes) is 3. The first-order chi connectivity index (χ1) is 20.4. The molecular formula is C32H36N2O6S2. The number of nitrogens with one attached hydrogen (secondary N) is 2. The van der Waals surface area contributed by atoms with E-state index in [9.17, 15) is 19.2 Å². The molecule has 4 aromatic rings. The van der Waals surface area contributed by atoms with Crippen molar-refractivity contribution in [2.45, 2.75) is 65.2 Å². The summed E-state index contributed by atoms with van der Waals surface area (Å²) in [5, 5.41) is 8.23. The average molecular weight is 609 g/mol. The third-order valence-corrected chi connectivity index (χ3v) is 8.80. The van der Waals surface area contributed by atoms with Crippen LogP contribution in [0, 0.1) is 0 Å². The van der Waals surface area contributed by atoms with Gasteiger partial charge in [-0.2, -0.15) is 0 Å². The highest BCUT2D eigenvalue weighted by Crippen LogP contribution is 2.37. The van der Waals surface area contributed by atoms with Crippen molar-refractivity contribution in [1.82, 2.24) is 0 Å². The monoisotopic (exact) mass is 608 g/mol. The van der Waals surface area contributed by atoms with E-state index in [0.29, 0.717) is 47.2 Å². The summed E-state index contributed by atoms with van der Waals surface area (Å²) >= 11 is 2.69. The van der Waals surface area contributed by atoms with Crippen molar-refractivity contribution in [2.75, 3.05) is 23.8 Å². The van der Waals surface area contributed by atoms with Crippen LogP contribution in [-0.4, -0.2) is 37.0 Å². The van der Waals surface area contributed by atoms with Crippen LogP contribution in [0.4, 0.5) is 10.0 Å². The normalized spacial score (nSPS) is 11.0. The molecule has 2 aromatic carbocycles. The molecule has 0 aliphatic carbocycles. The van der Waals surface area contributed by atoms with Crippen molar-refractivity contribution in [3.63, 3.8) is 0 Å². The summed E-state index contributed by atoms with van der Waals surface area (Å²) in [6, 6.07) is 15.0. The molecule has 0 bridgehead atoms. The summed E-state index contributed by atoms with van der Waals surface area (Å²) in [5.41, 5.74) is 0.763. The number of benzene rings is 2. The lowest BCUT2D eigenvalue weighted by Crippen LogP contribution is -2.16. The molecule has 2 N–H and O–H groups in total. The maximum absolute atomic E-state index is 12.8. The minimum Gasteiger partial charge on any atom is -0.462 e. The molecule has 222 valence electrons.